The summed E-state index contributed by atoms with van der Waals surface area (Å²) >= 11 is 0. The Bertz CT molecular complexity index is 681. The first-order chi connectivity index (χ1) is 7.84. The molecular formula is C10H8N6. The second-order valence-corrected chi connectivity index (χ2v) is 3.32. The highest BCUT2D eigenvalue weighted by Crippen LogP contribution is 2.06. The van der Waals surface area contributed by atoms with Gasteiger partial charge in [0.2, 0.25) is 11.3 Å². The summed E-state index contributed by atoms with van der Waals surface area (Å²) in [5.74, 6) is 0. The van der Waals surface area contributed by atoms with E-state index in [1.165, 1.54) is 0 Å². The number of hydrogen-bond donors (Lipinski definition) is 2. The summed E-state index contributed by atoms with van der Waals surface area (Å²) in [7, 11) is 0. The van der Waals surface area contributed by atoms with Crippen molar-refractivity contribution in [3.63, 3.8) is 0 Å². The third kappa shape index (κ3) is 1.28. The van der Waals surface area contributed by atoms with E-state index >= 15 is 0 Å². The minimum absolute atomic E-state index is 0.132. The number of benzene rings is 1. The van der Waals surface area contributed by atoms with Crippen LogP contribution in [0.4, 0.5) is 0 Å². The molecule has 0 aliphatic heterocycles. The summed E-state index contributed by atoms with van der Waals surface area (Å²) in [5.41, 5.74) is 2.18. The molecule has 3 aromatic rings. The van der Waals surface area contributed by atoms with Gasteiger partial charge in [-0.15, -0.1) is 5.10 Å². The van der Waals surface area contributed by atoms with Crippen LogP contribution in [0.15, 0.2) is 36.5 Å². The van der Waals surface area contributed by atoms with Crippen LogP contribution < -0.4 is 5.62 Å². The standard InChI is InChI=1S/C10H8N6/c11-10-12-9-8(13-15-14-9)6-16(10)7-4-2-1-3-5-7/h1-6H,(H2,11,12,13,14). The lowest BCUT2D eigenvalue weighted by atomic mass is 10.3. The van der Waals surface area contributed by atoms with Crippen molar-refractivity contribution in [3.05, 3.63) is 42.1 Å². The van der Waals surface area contributed by atoms with Crippen molar-refractivity contribution in [1.29, 1.82) is 5.41 Å². The van der Waals surface area contributed by atoms with E-state index in [0.717, 1.165) is 5.69 Å². The number of H-pyrrole nitrogens is 1. The fourth-order valence-electron chi connectivity index (χ4n) is 1.53. The van der Waals surface area contributed by atoms with Crippen molar-refractivity contribution in [3.8, 4) is 5.69 Å². The predicted octanol–water partition coefficient (Wildman–Crippen LogP) is 0.623. The lowest BCUT2D eigenvalue weighted by Crippen LogP contribution is -2.20. The second kappa shape index (κ2) is 3.27. The molecule has 6 nitrogen and oxygen atoms in total. The van der Waals surface area contributed by atoms with Gasteiger partial charge < -0.3 is 0 Å². The number of fused-ring (bicyclic) bond motifs is 1. The Balaban J connectivity index is 2.31. The van der Waals surface area contributed by atoms with Crippen molar-refractivity contribution in [2.45, 2.75) is 0 Å². The average Bonchev–Trinajstić information content (AvgIpc) is 2.76. The molecule has 1 aromatic carbocycles. The first-order valence-electron chi connectivity index (χ1n) is 4.75. The molecule has 0 saturated carbocycles. The van der Waals surface area contributed by atoms with Crippen molar-refractivity contribution < 1.29 is 0 Å². The first-order valence-corrected chi connectivity index (χ1v) is 4.75. The summed E-state index contributed by atoms with van der Waals surface area (Å²) in [6.07, 6.45) is 1.76. The SMILES string of the molecule is N=c1nc2nn[nH]c2cn1-c1ccccc1. The van der Waals surface area contributed by atoms with Crippen molar-refractivity contribution in [2.75, 3.05) is 0 Å². The van der Waals surface area contributed by atoms with Gasteiger partial charge in [-0.1, -0.05) is 23.4 Å². The van der Waals surface area contributed by atoms with Crippen LogP contribution in [-0.4, -0.2) is 25.0 Å². The van der Waals surface area contributed by atoms with E-state index in [0.29, 0.717) is 11.2 Å². The molecule has 0 aliphatic carbocycles. The molecule has 0 unspecified atom stereocenters. The van der Waals surface area contributed by atoms with Crippen molar-refractivity contribution in [1.82, 2.24) is 25.0 Å². The zero-order valence-corrected chi connectivity index (χ0v) is 8.25. The molecule has 78 valence electrons. The van der Waals surface area contributed by atoms with Gasteiger partial charge in [0.25, 0.3) is 0 Å². The van der Waals surface area contributed by atoms with Gasteiger partial charge in [-0.25, -0.2) is 0 Å². The molecule has 2 aromatic heterocycles. The first kappa shape index (κ1) is 8.78. The van der Waals surface area contributed by atoms with Gasteiger partial charge in [-0.3, -0.25) is 15.1 Å². The van der Waals surface area contributed by atoms with Crippen LogP contribution in [0.5, 0.6) is 0 Å². The third-order valence-corrected chi connectivity index (χ3v) is 2.29. The van der Waals surface area contributed by atoms with Gasteiger partial charge in [0.05, 0.1) is 0 Å². The molecule has 2 N–H and O–H groups in total. The van der Waals surface area contributed by atoms with E-state index in [4.69, 9.17) is 5.41 Å². The van der Waals surface area contributed by atoms with E-state index in [1.54, 1.807) is 10.8 Å². The fraction of sp³-hybridized carbons (Fsp3) is 0. The van der Waals surface area contributed by atoms with Crippen LogP contribution in [0.1, 0.15) is 0 Å². The van der Waals surface area contributed by atoms with E-state index in [1.807, 2.05) is 30.3 Å². The molecule has 0 amide bonds. The molecule has 0 spiro atoms. The molecule has 0 bridgehead atoms. The Morgan fingerprint density at radius 2 is 2.00 bits per heavy atom. The summed E-state index contributed by atoms with van der Waals surface area (Å²) < 4.78 is 1.67. The third-order valence-electron chi connectivity index (χ3n) is 2.29. The highest BCUT2D eigenvalue weighted by molar-refractivity contribution is 5.67. The van der Waals surface area contributed by atoms with Crippen LogP contribution in [0.3, 0.4) is 0 Å². The van der Waals surface area contributed by atoms with Gasteiger partial charge in [-0.05, 0) is 12.1 Å². The maximum absolute atomic E-state index is 7.80. The molecular weight excluding hydrogens is 204 g/mol. The zero-order valence-electron chi connectivity index (χ0n) is 8.25. The molecule has 6 heteroatoms. The Labute approximate surface area is 90.1 Å². The number of nitrogens with one attached hydrogen (secondary N) is 2. The molecule has 3 rings (SSSR count). The maximum Gasteiger partial charge on any atom is 0.228 e. The number of rotatable bonds is 1. The van der Waals surface area contributed by atoms with E-state index in [9.17, 15) is 0 Å². The Morgan fingerprint density at radius 1 is 1.19 bits per heavy atom. The van der Waals surface area contributed by atoms with Crippen LogP contribution in [-0.2, 0) is 0 Å². The summed E-state index contributed by atoms with van der Waals surface area (Å²) in [6, 6.07) is 9.58. The largest absolute Gasteiger partial charge is 0.284 e. The average molecular weight is 212 g/mol. The molecule has 0 atom stereocenters. The summed E-state index contributed by atoms with van der Waals surface area (Å²) in [6.45, 7) is 0. The van der Waals surface area contributed by atoms with E-state index in [-0.39, 0.29) is 5.62 Å². The lowest BCUT2D eigenvalue weighted by molar-refractivity contribution is 0.863. The number of para-hydroxylation sites is 1. The lowest BCUT2D eigenvalue weighted by Gasteiger charge is -2.04. The minimum Gasteiger partial charge on any atom is -0.284 e. The van der Waals surface area contributed by atoms with Crippen LogP contribution in [0, 0.1) is 5.41 Å². The molecule has 0 fully saturated rings. The highest BCUT2D eigenvalue weighted by atomic mass is 15.3. The quantitative estimate of drug-likeness (QED) is 0.620. The van der Waals surface area contributed by atoms with Crippen molar-refractivity contribution in [2.24, 2.45) is 0 Å². The topological polar surface area (TPSA) is 83.2 Å². The monoisotopic (exact) mass is 212 g/mol. The molecule has 16 heavy (non-hydrogen) atoms. The molecule has 0 radical (unpaired) electrons. The van der Waals surface area contributed by atoms with Gasteiger partial charge in [0.1, 0.15) is 5.52 Å². The summed E-state index contributed by atoms with van der Waals surface area (Å²) in [5, 5.41) is 17.9. The molecule has 0 aliphatic rings. The van der Waals surface area contributed by atoms with Crippen LogP contribution >= 0.6 is 0 Å². The smallest absolute Gasteiger partial charge is 0.228 e. The fourth-order valence-corrected chi connectivity index (χ4v) is 1.53. The number of nitrogens with zero attached hydrogens (tertiary/aromatic N) is 4. The second-order valence-electron chi connectivity index (χ2n) is 3.32. The van der Waals surface area contributed by atoms with Crippen molar-refractivity contribution >= 4 is 11.2 Å². The van der Waals surface area contributed by atoms with Crippen LogP contribution in [0.25, 0.3) is 16.9 Å². The Morgan fingerprint density at radius 3 is 2.81 bits per heavy atom. The number of hydrogen-bond acceptors (Lipinski definition) is 4. The molecule has 2 heterocycles. The maximum atomic E-state index is 7.80. The van der Waals surface area contributed by atoms with Gasteiger partial charge in [-0.2, -0.15) is 4.98 Å². The zero-order chi connectivity index (χ0) is 11.0. The predicted molar refractivity (Wildman–Crippen MR) is 56.9 cm³/mol. The molecule has 0 saturated heterocycles. The normalized spacial score (nSPS) is 10.8. The summed E-state index contributed by atoms with van der Waals surface area (Å²) in [4.78, 5) is 4.04. The number of aromatic amines is 1. The van der Waals surface area contributed by atoms with Gasteiger partial charge in [0.15, 0.2) is 0 Å². The van der Waals surface area contributed by atoms with E-state index < -0.39 is 0 Å². The Hall–Kier alpha value is -2.50. The van der Waals surface area contributed by atoms with Crippen LogP contribution in [0.2, 0.25) is 0 Å². The van der Waals surface area contributed by atoms with Gasteiger partial charge >= 0.3 is 0 Å². The number of aromatic nitrogens is 5. The van der Waals surface area contributed by atoms with E-state index in [2.05, 4.69) is 20.4 Å². The minimum atomic E-state index is 0.132. The van der Waals surface area contributed by atoms with Gasteiger partial charge in [0, 0.05) is 11.9 Å². The Kier molecular flexibility index (Phi) is 1.79. The highest BCUT2D eigenvalue weighted by Gasteiger charge is 2.03.